The standard InChI is InChI=1S/C13H26N2O2/c1-11(2)17-13(16)10-15-7-5-12(6-8-15)9-14(3)4/h11-12H,5-10H2,1-4H3. The molecule has 1 aliphatic rings. The van der Waals surface area contributed by atoms with E-state index in [1.807, 2.05) is 13.8 Å². The third-order valence-electron chi connectivity index (χ3n) is 3.05. The summed E-state index contributed by atoms with van der Waals surface area (Å²) in [6.45, 7) is 7.43. The highest BCUT2D eigenvalue weighted by Crippen LogP contribution is 2.17. The first-order valence-corrected chi connectivity index (χ1v) is 6.54. The van der Waals surface area contributed by atoms with Crippen LogP contribution in [0.1, 0.15) is 26.7 Å². The molecule has 0 unspecified atom stereocenters. The lowest BCUT2D eigenvalue weighted by atomic mass is 9.96. The van der Waals surface area contributed by atoms with E-state index in [1.165, 1.54) is 12.8 Å². The fourth-order valence-corrected chi connectivity index (χ4v) is 2.33. The van der Waals surface area contributed by atoms with Gasteiger partial charge in [0.1, 0.15) is 0 Å². The normalized spacial score (nSPS) is 18.9. The molecule has 17 heavy (non-hydrogen) atoms. The Kier molecular flexibility index (Phi) is 5.92. The summed E-state index contributed by atoms with van der Waals surface area (Å²) in [5.41, 5.74) is 0. The minimum atomic E-state index is -0.0916. The van der Waals surface area contributed by atoms with Crippen LogP contribution in [0.25, 0.3) is 0 Å². The molecule has 0 aromatic heterocycles. The van der Waals surface area contributed by atoms with E-state index in [1.54, 1.807) is 0 Å². The second-order valence-electron chi connectivity index (χ2n) is 5.52. The molecule has 1 aliphatic heterocycles. The largest absolute Gasteiger partial charge is 0.462 e. The number of piperidine rings is 1. The van der Waals surface area contributed by atoms with Gasteiger partial charge in [0.2, 0.25) is 0 Å². The molecule has 0 aromatic rings. The maximum absolute atomic E-state index is 11.5. The fraction of sp³-hybridized carbons (Fsp3) is 0.923. The molecule has 0 radical (unpaired) electrons. The van der Waals surface area contributed by atoms with Gasteiger partial charge in [0.15, 0.2) is 0 Å². The molecule has 0 aromatic carbocycles. The monoisotopic (exact) mass is 242 g/mol. The van der Waals surface area contributed by atoms with Crippen molar-refractivity contribution in [1.82, 2.24) is 9.80 Å². The van der Waals surface area contributed by atoms with Crippen LogP contribution in [0.15, 0.2) is 0 Å². The zero-order valence-corrected chi connectivity index (χ0v) is 11.6. The molecule has 4 heteroatoms. The predicted octanol–water partition coefficient (Wildman–Crippen LogP) is 1.21. The lowest BCUT2D eigenvalue weighted by molar-refractivity contribution is -0.149. The van der Waals surface area contributed by atoms with Gasteiger partial charge in [-0.3, -0.25) is 9.69 Å². The van der Waals surface area contributed by atoms with E-state index < -0.39 is 0 Å². The number of carbonyl (C=O) groups excluding carboxylic acids is 1. The predicted molar refractivity (Wildman–Crippen MR) is 68.9 cm³/mol. The highest BCUT2D eigenvalue weighted by Gasteiger charge is 2.21. The Hall–Kier alpha value is -0.610. The summed E-state index contributed by atoms with van der Waals surface area (Å²) in [4.78, 5) is 16.0. The summed E-state index contributed by atoms with van der Waals surface area (Å²) in [5, 5.41) is 0. The first-order valence-electron chi connectivity index (χ1n) is 6.54. The Morgan fingerprint density at radius 3 is 2.41 bits per heavy atom. The van der Waals surface area contributed by atoms with Crippen molar-refractivity contribution in [2.75, 3.05) is 40.3 Å². The molecule has 0 N–H and O–H groups in total. The average molecular weight is 242 g/mol. The molecule has 0 aliphatic carbocycles. The van der Waals surface area contributed by atoms with E-state index in [2.05, 4.69) is 23.9 Å². The molecule has 1 fully saturated rings. The Morgan fingerprint density at radius 1 is 1.35 bits per heavy atom. The minimum Gasteiger partial charge on any atom is -0.462 e. The molecule has 0 atom stereocenters. The fourth-order valence-electron chi connectivity index (χ4n) is 2.33. The van der Waals surface area contributed by atoms with Gasteiger partial charge in [0.05, 0.1) is 12.6 Å². The molecule has 0 bridgehead atoms. The zero-order valence-electron chi connectivity index (χ0n) is 11.6. The summed E-state index contributed by atoms with van der Waals surface area (Å²) in [5.74, 6) is 0.688. The van der Waals surface area contributed by atoms with E-state index in [0.29, 0.717) is 6.54 Å². The van der Waals surface area contributed by atoms with Crippen LogP contribution in [0.4, 0.5) is 0 Å². The molecule has 0 amide bonds. The van der Waals surface area contributed by atoms with Crippen LogP contribution in [0.2, 0.25) is 0 Å². The summed E-state index contributed by atoms with van der Waals surface area (Å²) in [6.07, 6.45) is 2.37. The van der Waals surface area contributed by atoms with E-state index in [9.17, 15) is 4.79 Å². The molecule has 1 rings (SSSR count). The van der Waals surface area contributed by atoms with Crippen molar-refractivity contribution >= 4 is 5.97 Å². The van der Waals surface area contributed by atoms with Crippen molar-refractivity contribution in [2.45, 2.75) is 32.8 Å². The van der Waals surface area contributed by atoms with Crippen LogP contribution in [0, 0.1) is 5.92 Å². The van der Waals surface area contributed by atoms with Crippen LogP contribution < -0.4 is 0 Å². The highest BCUT2D eigenvalue weighted by molar-refractivity contribution is 5.71. The maximum Gasteiger partial charge on any atom is 0.320 e. The zero-order chi connectivity index (χ0) is 12.8. The lowest BCUT2D eigenvalue weighted by Gasteiger charge is -2.32. The smallest absolute Gasteiger partial charge is 0.320 e. The Morgan fingerprint density at radius 2 is 1.94 bits per heavy atom. The van der Waals surface area contributed by atoms with Crippen molar-refractivity contribution in [1.29, 1.82) is 0 Å². The van der Waals surface area contributed by atoms with Gasteiger partial charge in [-0.1, -0.05) is 0 Å². The van der Waals surface area contributed by atoms with Gasteiger partial charge >= 0.3 is 5.97 Å². The van der Waals surface area contributed by atoms with Gasteiger partial charge in [-0.05, 0) is 59.8 Å². The number of carbonyl (C=O) groups is 1. The van der Waals surface area contributed by atoms with Crippen molar-refractivity contribution in [3.63, 3.8) is 0 Å². The number of nitrogens with zero attached hydrogens (tertiary/aromatic N) is 2. The molecule has 100 valence electrons. The molecular formula is C13H26N2O2. The van der Waals surface area contributed by atoms with Gasteiger partial charge < -0.3 is 9.64 Å². The van der Waals surface area contributed by atoms with E-state index in [0.717, 1.165) is 25.6 Å². The quantitative estimate of drug-likeness (QED) is 0.679. The molecular weight excluding hydrogens is 216 g/mol. The van der Waals surface area contributed by atoms with Gasteiger partial charge in [-0.25, -0.2) is 0 Å². The molecule has 0 saturated carbocycles. The van der Waals surface area contributed by atoms with E-state index >= 15 is 0 Å². The van der Waals surface area contributed by atoms with Crippen molar-refractivity contribution in [2.24, 2.45) is 5.92 Å². The van der Waals surface area contributed by atoms with E-state index in [4.69, 9.17) is 4.74 Å². The van der Waals surface area contributed by atoms with Crippen LogP contribution in [0.3, 0.4) is 0 Å². The number of rotatable bonds is 5. The van der Waals surface area contributed by atoms with Gasteiger partial charge in [-0.15, -0.1) is 0 Å². The second-order valence-corrected chi connectivity index (χ2v) is 5.52. The average Bonchev–Trinajstić information content (AvgIpc) is 2.18. The van der Waals surface area contributed by atoms with Crippen molar-refractivity contribution in [3.8, 4) is 0 Å². The lowest BCUT2D eigenvalue weighted by Crippen LogP contribution is -2.40. The minimum absolute atomic E-state index is 0.00576. The first-order chi connectivity index (χ1) is 7.97. The summed E-state index contributed by atoms with van der Waals surface area (Å²) >= 11 is 0. The number of likely N-dealkylation sites (tertiary alicyclic amines) is 1. The number of hydrogen-bond acceptors (Lipinski definition) is 4. The molecule has 1 heterocycles. The summed E-state index contributed by atoms with van der Waals surface area (Å²) in [7, 11) is 4.23. The number of hydrogen-bond donors (Lipinski definition) is 0. The SMILES string of the molecule is CC(C)OC(=O)CN1CCC(CN(C)C)CC1. The van der Waals surface area contributed by atoms with Gasteiger partial charge in [0.25, 0.3) is 0 Å². The van der Waals surface area contributed by atoms with E-state index in [-0.39, 0.29) is 12.1 Å². The number of ether oxygens (including phenoxy) is 1. The first kappa shape index (κ1) is 14.5. The maximum atomic E-state index is 11.5. The van der Waals surface area contributed by atoms with Crippen LogP contribution in [0.5, 0.6) is 0 Å². The molecule has 0 spiro atoms. The third-order valence-corrected chi connectivity index (χ3v) is 3.05. The van der Waals surface area contributed by atoms with Crippen molar-refractivity contribution < 1.29 is 9.53 Å². The Labute approximate surface area is 105 Å². The summed E-state index contributed by atoms with van der Waals surface area (Å²) in [6, 6.07) is 0. The topological polar surface area (TPSA) is 32.8 Å². The Balaban J connectivity index is 2.20. The van der Waals surface area contributed by atoms with Crippen molar-refractivity contribution in [3.05, 3.63) is 0 Å². The summed E-state index contributed by atoms with van der Waals surface area (Å²) < 4.78 is 5.16. The van der Waals surface area contributed by atoms with Gasteiger partial charge in [-0.2, -0.15) is 0 Å². The third kappa shape index (κ3) is 6.03. The van der Waals surface area contributed by atoms with Crippen LogP contribution >= 0.6 is 0 Å². The Bertz CT molecular complexity index is 234. The second kappa shape index (κ2) is 6.97. The highest BCUT2D eigenvalue weighted by atomic mass is 16.5. The van der Waals surface area contributed by atoms with Gasteiger partial charge in [0, 0.05) is 6.54 Å². The van der Waals surface area contributed by atoms with Crippen LogP contribution in [-0.2, 0) is 9.53 Å². The number of esters is 1. The molecule has 1 saturated heterocycles. The van der Waals surface area contributed by atoms with Crippen LogP contribution in [-0.4, -0.2) is 62.1 Å². The molecule has 4 nitrogen and oxygen atoms in total.